The number of nitroso groups, excluding NO2 is 1. The van der Waals surface area contributed by atoms with Crippen LogP contribution in [0.4, 0.5) is 11.4 Å². The van der Waals surface area contributed by atoms with Crippen LogP contribution in [0.1, 0.15) is 0 Å². The molecule has 1 aliphatic rings. The molecule has 0 spiro atoms. The summed E-state index contributed by atoms with van der Waals surface area (Å²) in [4.78, 5) is 12.4. The van der Waals surface area contributed by atoms with Gasteiger partial charge in [0.25, 0.3) is 0 Å². The molecule has 1 fully saturated rings. The number of nitrogens with zero attached hydrogens (tertiary/aromatic N) is 3. The molecule has 1 aromatic rings. The molecule has 1 aromatic carbocycles. The summed E-state index contributed by atoms with van der Waals surface area (Å²) in [5, 5.41) is 2.85. The van der Waals surface area contributed by atoms with Gasteiger partial charge in [-0.1, -0.05) is 0 Å². The summed E-state index contributed by atoms with van der Waals surface area (Å²) in [6.45, 7) is 2.29. The van der Waals surface area contributed by atoms with E-state index in [1.165, 1.54) is 10.6 Å². The summed E-state index contributed by atoms with van der Waals surface area (Å²) < 4.78 is 24.2. The molecule has 0 aromatic heterocycles. The van der Waals surface area contributed by atoms with E-state index in [4.69, 9.17) is 0 Å². The molecular formula is C11H15N3O3S. The maximum absolute atomic E-state index is 11.4. The third-order valence-electron chi connectivity index (χ3n) is 3.03. The molecule has 7 heteroatoms. The normalized spacial score (nSPS) is 17.7. The summed E-state index contributed by atoms with van der Waals surface area (Å²) in [6, 6.07) is 6.97. The van der Waals surface area contributed by atoms with E-state index in [1.807, 2.05) is 12.1 Å². The van der Waals surface area contributed by atoms with E-state index in [0.29, 0.717) is 31.9 Å². The molecule has 1 aliphatic heterocycles. The Balaban J connectivity index is 2.03. The van der Waals surface area contributed by atoms with E-state index >= 15 is 0 Å². The highest BCUT2D eigenvalue weighted by Gasteiger charge is 2.23. The molecule has 6 nitrogen and oxygen atoms in total. The number of rotatable bonds is 3. The third kappa shape index (κ3) is 2.85. The van der Waals surface area contributed by atoms with Gasteiger partial charge in [-0.15, -0.1) is 4.91 Å². The van der Waals surface area contributed by atoms with Crippen molar-refractivity contribution in [3.8, 4) is 0 Å². The zero-order chi connectivity index (χ0) is 13.2. The van der Waals surface area contributed by atoms with E-state index in [-0.39, 0.29) is 0 Å². The summed E-state index contributed by atoms with van der Waals surface area (Å²) in [5.74, 6) is 0. The largest absolute Gasteiger partial charge is 0.369 e. The lowest BCUT2D eigenvalue weighted by molar-refractivity contribution is 0.388. The van der Waals surface area contributed by atoms with Crippen molar-refractivity contribution in [2.75, 3.05) is 37.3 Å². The minimum atomic E-state index is -3.09. The maximum Gasteiger partial charge on any atom is 0.211 e. The van der Waals surface area contributed by atoms with Crippen LogP contribution in [0.5, 0.6) is 0 Å². The van der Waals surface area contributed by atoms with E-state index in [2.05, 4.69) is 10.1 Å². The van der Waals surface area contributed by atoms with Crippen molar-refractivity contribution >= 4 is 21.4 Å². The Morgan fingerprint density at radius 2 is 1.61 bits per heavy atom. The number of piperazine rings is 1. The molecule has 0 bridgehead atoms. The Morgan fingerprint density at radius 1 is 1.06 bits per heavy atom. The summed E-state index contributed by atoms with van der Waals surface area (Å²) >= 11 is 0. The highest BCUT2D eigenvalue weighted by atomic mass is 32.2. The first-order valence-corrected chi connectivity index (χ1v) is 7.49. The molecule has 0 atom stereocenters. The predicted octanol–water partition coefficient (Wildman–Crippen LogP) is 1.17. The second-order valence-corrected chi connectivity index (χ2v) is 6.24. The molecule has 2 rings (SSSR count). The van der Waals surface area contributed by atoms with Crippen LogP contribution >= 0.6 is 0 Å². The van der Waals surface area contributed by atoms with Gasteiger partial charge in [0.15, 0.2) is 0 Å². The highest BCUT2D eigenvalue weighted by molar-refractivity contribution is 7.88. The van der Waals surface area contributed by atoms with Gasteiger partial charge in [0.05, 0.1) is 6.26 Å². The van der Waals surface area contributed by atoms with Gasteiger partial charge in [-0.25, -0.2) is 8.42 Å². The average Bonchev–Trinajstić information content (AvgIpc) is 2.38. The van der Waals surface area contributed by atoms with Crippen molar-refractivity contribution in [2.24, 2.45) is 5.18 Å². The Morgan fingerprint density at radius 3 is 2.06 bits per heavy atom. The second kappa shape index (κ2) is 5.03. The third-order valence-corrected chi connectivity index (χ3v) is 4.33. The van der Waals surface area contributed by atoms with Crippen LogP contribution in [0.3, 0.4) is 0 Å². The van der Waals surface area contributed by atoms with Crippen LogP contribution in [-0.4, -0.2) is 45.2 Å². The van der Waals surface area contributed by atoms with E-state index in [0.717, 1.165) is 5.69 Å². The van der Waals surface area contributed by atoms with Gasteiger partial charge in [-0.3, -0.25) is 0 Å². The van der Waals surface area contributed by atoms with Crippen LogP contribution in [0.15, 0.2) is 29.4 Å². The van der Waals surface area contributed by atoms with Crippen molar-refractivity contribution in [1.82, 2.24) is 4.31 Å². The van der Waals surface area contributed by atoms with Gasteiger partial charge in [0.2, 0.25) is 10.0 Å². The lowest BCUT2D eigenvalue weighted by Gasteiger charge is -2.34. The molecule has 0 aliphatic carbocycles. The van der Waals surface area contributed by atoms with Gasteiger partial charge in [-0.05, 0) is 29.4 Å². The second-order valence-electron chi connectivity index (χ2n) is 4.26. The molecule has 18 heavy (non-hydrogen) atoms. The lowest BCUT2D eigenvalue weighted by atomic mass is 10.2. The average molecular weight is 269 g/mol. The molecule has 0 radical (unpaired) electrons. The van der Waals surface area contributed by atoms with Crippen molar-refractivity contribution in [3.05, 3.63) is 29.2 Å². The van der Waals surface area contributed by atoms with Gasteiger partial charge in [0.1, 0.15) is 5.69 Å². The van der Waals surface area contributed by atoms with Gasteiger partial charge >= 0.3 is 0 Å². The molecule has 0 N–H and O–H groups in total. The SMILES string of the molecule is CS(=O)(=O)N1CCN(c2ccc(N=O)cc2)CC1. The fourth-order valence-electron chi connectivity index (χ4n) is 2.00. The topological polar surface area (TPSA) is 70.1 Å². The minimum absolute atomic E-state index is 0.397. The van der Waals surface area contributed by atoms with Crippen LogP contribution in [0, 0.1) is 4.91 Å². The molecule has 1 saturated heterocycles. The molecular weight excluding hydrogens is 254 g/mol. The summed E-state index contributed by atoms with van der Waals surface area (Å²) in [7, 11) is -3.09. The summed E-state index contributed by atoms with van der Waals surface area (Å²) in [6.07, 6.45) is 1.23. The van der Waals surface area contributed by atoms with Gasteiger partial charge in [-0.2, -0.15) is 4.31 Å². The predicted molar refractivity (Wildman–Crippen MR) is 70.5 cm³/mol. The van der Waals surface area contributed by atoms with Gasteiger partial charge < -0.3 is 4.90 Å². The standard InChI is InChI=1S/C11H15N3O3S/c1-18(16,17)14-8-6-13(7-9-14)11-4-2-10(12-15)3-5-11/h2-5H,6-9H2,1H3. The van der Waals surface area contributed by atoms with E-state index in [9.17, 15) is 13.3 Å². The van der Waals surface area contributed by atoms with Gasteiger partial charge in [0, 0.05) is 31.9 Å². The molecule has 1 heterocycles. The Bertz CT molecular complexity index is 519. The van der Waals surface area contributed by atoms with E-state index in [1.54, 1.807) is 12.1 Å². The molecule has 98 valence electrons. The van der Waals surface area contributed by atoms with Crippen molar-refractivity contribution in [2.45, 2.75) is 0 Å². The van der Waals surface area contributed by atoms with Crippen molar-refractivity contribution < 1.29 is 8.42 Å². The molecule has 0 amide bonds. The highest BCUT2D eigenvalue weighted by Crippen LogP contribution is 2.21. The quantitative estimate of drug-likeness (QED) is 0.772. The monoisotopic (exact) mass is 269 g/mol. The zero-order valence-corrected chi connectivity index (χ0v) is 10.9. The zero-order valence-electron chi connectivity index (χ0n) is 10.1. The number of sulfonamides is 1. The van der Waals surface area contributed by atoms with Crippen LogP contribution in [-0.2, 0) is 10.0 Å². The Labute approximate surface area is 106 Å². The van der Waals surface area contributed by atoms with Crippen molar-refractivity contribution in [3.63, 3.8) is 0 Å². The fourth-order valence-corrected chi connectivity index (χ4v) is 2.83. The fraction of sp³-hybridized carbons (Fsp3) is 0.455. The van der Waals surface area contributed by atoms with Crippen molar-refractivity contribution in [1.29, 1.82) is 0 Å². The minimum Gasteiger partial charge on any atom is -0.369 e. The number of anilines is 1. The Hall–Kier alpha value is -1.47. The maximum atomic E-state index is 11.4. The molecule has 0 unspecified atom stereocenters. The summed E-state index contributed by atoms with van der Waals surface area (Å²) in [5.41, 5.74) is 1.38. The first kappa shape index (κ1) is 13.0. The lowest BCUT2D eigenvalue weighted by Crippen LogP contribution is -2.48. The van der Waals surface area contributed by atoms with E-state index < -0.39 is 10.0 Å². The molecule has 0 saturated carbocycles. The first-order valence-electron chi connectivity index (χ1n) is 5.64. The van der Waals surface area contributed by atoms with Crippen LogP contribution in [0.2, 0.25) is 0 Å². The number of benzene rings is 1. The smallest absolute Gasteiger partial charge is 0.211 e. The van der Waals surface area contributed by atoms with Crippen LogP contribution < -0.4 is 4.90 Å². The number of hydrogen-bond acceptors (Lipinski definition) is 5. The first-order chi connectivity index (χ1) is 8.50. The Kier molecular flexibility index (Phi) is 3.63. The van der Waals surface area contributed by atoms with Crippen LogP contribution in [0.25, 0.3) is 0 Å². The number of hydrogen-bond donors (Lipinski definition) is 0.